The van der Waals surface area contributed by atoms with E-state index >= 15 is 0 Å². The molecule has 0 saturated carbocycles. The van der Waals surface area contributed by atoms with E-state index in [0.717, 1.165) is 0 Å². The maximum atomic E-state index is 12.9. The largest absolute Gasteiger partial charge is 0.350 e. The minimum absolute atomic E-state index is 0.175. The Morgan fingerprint density at radius 3 is 2.12 bits per heavy atom. The summed E-state index contributed by atoms with van der Waals surface area (Å²) in [7, 11) is 0. The number of carbonyl (C=O) groups is 3. The van der Waals surface area contributed by atoms with E-state index in [-0.39, 0.29) is 23.9 Å². The topological polar surface area (TPSA) is 87.3 Å². The molecule has 7 heteroatoms. The zero-order valence-corrected chi connectivity index (χ0v) is 15.3. The maximum absolute atomic E-state index is 12.9. The molecule has 1 atom stereocenters. The first-order valence-corrected chi connectivity index (χ1v) is 8.15. The minimum Gasteiger partial charge on any atom is -0.350 e. The molecule has 0 radical (unpaired) electrons. The van der Waals surface area contributed by atoms with Gasteiger partial charge in [-0.3, -0.25) is 14.4 Å². The second-order valence-electron chi connectivity index (χ2n) is 7.22. The van der Waals surface area contributed by atoms with Gasteiger partial charge in [-0.25, -0.2) is 4.39 Å². The molecule has 0 saturated heterocycles. The smallest absolute Gasteiger partial charge is 0.251 e. The summed E-state index contributed by atoms with van der Waals surface area (Å²) in [4.78, 5) is 36.3. The Morgan fingerprint density at radius 1 is 1.08 bits per heavy atom. The Hall–Kier alpha value is -2.44. The van der Waals surface area contributed by atoms with Crippen molar-refractivity contribution in [3.63, 3.8) is 0 Å². The second kappa shape index (κ2) is 8.60. The Balaban J connectivity index is 2.66. The molecule has 0 aliphatic carbocycles. The quantitative estimate of drug-likeness (QED) is 0.728. The molecule has 0 spiro atoms. The van der Waals surface area contributed by atoms with Gasteiger partial charge in [-0.05, 0) is 51.0 Å². The molecule has 1 unspecified atom stereocenters. The predicted molar refractivity (Wildman–Crippen MR) is 93.4 cm³/mol. The SMILES string of the molecule is CC(C)C(NC(=O)c1ccc(F)cc1)C(=O)NCC(=O)NC(C)(C)C. The first-order valence-electron chi connectivity index (χ1n) is 8.15. The normalized spacial score (nSPS) is 12.4. The highest BCUT2D eigenvalue weighted by Crippen LogP contribution is 2.07. The Morgan fingerprint density at radius 2 is 1.64 bits per heavy atom. The van der Waals surface area contributed by atoms with Crippen molar-refractivity contribution in [1.82, 2.24) is 16.0 Å². The lowest BCUT2D eigenvalue weighted by atomic mass is 10.0. The Labute approximate surface area is 147 Å². The summed E-state index contributed by atoms with van der Waals surface area (Å²) >= 11 is 0. The third kappa shape index (κ3) is 7.32. The van der Waals surface area contributed by atoms with Crippen LogP contribution in [0, 0.1) is 11.7 Å². The van der Waals surface area contributed by atoms with E-state index < -0.39 is 29.2 Å². The van der Waals surface area contributed by atoms with Crippen molar-refractivity contribution in [2.45, 2.75) is 46.2 Å². The lowest BCUT2D eigenvalue weighted by Gasteiger charge is -2.23. The fraction of sp³-hybridized carbons (Fsp3) is 0.500. The van der Waals surface area contributed by atoms with Gasteiger partial charge < -0.3 is 16.0 Å². The fourth-order valence-electron chi connectivity index (χ4n) is 2.10. The highest BCUT2D eigenvalue weighted by Gasteiger charge is 2.25. The predicted octanol–water partition coefficient (Wildman–Crippen LogP) is 1.61. The van der Waals surface area contributed by atoms with Gasteiger partial charge >= 0.3 is 0 Å². The fourth-order valence-corrected chi connectivity index (χ4v) is 2.10. The van der Waals surface area contributed by atoms with Crippen LogP contribution in [0.3, 0.4) is 0 Å². The number of halogens is 1. The van der Waals surface area contributed by atoms with Crippen LogP contribution in [0.15, 0.2) is 24.3 Å². The molecule has 0 fully saturated rings. The van der Waals surface area contributed by atoms with Crippen molar-refractivity contribution in [1.29, 1.82) is 0 Å². The highest BCUT2D eigenvalue weighted by atomic mass is 19.1. The van der Waals surface area contributed by atoms with Crippen LogP contribution in [0.5, 0.6) is 0 Å². The minimum atomic E-state index is -0.806. The van der Waals surface area contributed by atoms with Crippen molar-refractivity contribution in [2.24, 2.45) is 5.92 Å². The number of carbonyl (C=O) groups excluding carboxylic acids is 3. The van der Waals surface area contributed by atoms with Crippen molar-refractivity contribution in [3.8, 4) is 0 Å². The van der Waals surface area contributed by atoms with Gasteiger partial charge in [0.05, 0.1) is 6.54 Å². The molecule has 6 nitrogen and oxygen atoms in total. The number of amides is 3. The van der Waals surface area contributed by atoms with Crippen molar-refractivity contribution in [3.05, 3.63) is 35.6 Å². The van der Waals surface area contributed by atoms with E-state index in [9.17, 15) is 18.8 Å². The third-order valence-corrected chi connectivity index (χ3v) is 3.28. The van der Waals surface area contributed by atoms with Gasteiger partial charge in [0.15, 0.2) is 0 Å². The Bertz CT molecular complexity index is 621. The summed E-state index contributed by atoms with van der Waals surface area (Å²) < 4.78 is 12.9. The third-order valence-electron chi connectivity index (χ3n) is 3.28. The van der Waals surface area contributed by atoms with Crippen LogP contribution in [0.4, 0.5) is 4.39 Å². The summed E-state index contributed by atoms with van der Waals surface area (Å²) in [6.45, 7) is 8.91. The van der Waals surface area contributed by atoms with Gasteiger partial charge in [0.1, 0.15) is 11.9 Å². The number of rotatable bonds is 6. The van der Waals surface area contributed by atoms with Crippen LogP contribution in [0.1, 0.15) is 45.0 Å². The molecule has 25 heavy (non-hydrogen) atoms. The maximum Gasteiger partial charge on any atom is 0.251 e. The van der Waals surface area contributed by atoms with Crippen LogP contribution < -0.4 is 16.0 Å². The summed E-state index contributed by atoms with van der Waals surface area (Å²) in [5.74, 6) is -1.87. The van der Waals surface area contributed by atoms with Crippen LogP contribution in [0.2, 0.25) is 0 Å². The molecule has 0 aromatic heterocycles. The lowest BCUT2D eigenvalue weighted by molar-refractivity contribution is -0.128. The van der Waals surface area contributed by atoms with Crippen molar-refractivity contribution in [2.75, 3.05) is 6.54 Å². The van der Waals surface area contributed by atoms with Crippen LogP contribution in [-0.2, 0) is 9.59 Å². The summed E-state index contributed by atoms with van der Waals surface area (Å²) in [5.41, 5.74) is -0.138. The van der Waals surface area contributed by atoms with Crippen LogP contribution in [-0.4, -0.2) is 35.8 Å². The van der Waals surface area contributed by atoms with Gasteiger partial charge in [0.25, 0.3) is 5.91 Å². The highest BCUT2D eigenvalue weighted by molar-refractivity contribution is 5.98. The van der Waals surface area contributed by atoms with E-state index in [1.807, 2.05) is 20.8 Å². The van der Waals surface area contributed by atoms with Crippen LogP contribution in [0.25, 0.3) is 0 Å². The zero-order chi connectivity index (χ0) is 19.2. The summed E-state index contributed by atoms with van der Waals surface area (Å²) in [5, 5.41) is 7.88. The molecule has 3 N–H and O–H groups in total. The molecule has 138 valence electrons. The van der Waals surface area contributed by atoms with Gasteiger partial charge in [-0.2, -0.15) is 0 Å². The number of nitrogens with one attached hydrogen (secondary N) is 3. The molecule has 0 aliphatic heterocycles. The van der Waals surface area contributed by atoms with Gasteiger partial charge in [0.2, 0.25) is 11.8 Å². The first kappa shape index (κ1) is 20.6. The summed E-state index contributed by atoms with van der Waals surface area (Å²) in [6.07, 6.45) is 0. The first-order chi connectivity index (χ1) is 11.5. The summed E-state index contributed by atoms with van der Waals surface area (Å²) in [6, 6.07) is 4.24. The molecule has 0 bridgehead atoms. The van der Waals surface area contributed by atoms with Gasteiger partial charge in [0, 0.05) is 11.1 Å². The van der Waals surface area contributed by atoms with Gasteiger partial charge in [-0.15, -0.1) is 0 Å². The average Bonchev–Trinajstić information content (AvgIpc) is 2.48. The van der Waals surface area contributed by atoms with Crippen LogP contribution >= 0.6 is 0 Å². The standard InChI is InChI=1S/C18H26FN3O3/c1-11(2)15(17(25)20-10-14(23)22-18(3,4)5)21-16(24)12-6-8-13(19)9-7-12/h6-9,11,15H,10H2,1-5H3,(H,20,25)(H,21,24)(H,22,23). The van der Waals surface area contributed by atoms with E-state index in [1.165, 1.54) is 24.3 Å². The average molecular weight is 351 g/mol. The van der Waals surface area contributed by atoms with E-state index in [4.69, 9.17) is 0 Å². The zero-order valence-electron chi connectivity index (χ0n) is 15.3. The molecule has 1 rings (SSSR count). The Kier molecular flexibility index (Phi) is 7.09. The molecule has 0 aliphatic rings. The van der Waals surface area contributed by atoms with Crippen molar-refractivity contribution >= 4 is 17.7 Å². The molecule has 3 amide bonds. The van der Waals surface area contributed by atoms with Crippen molar-refractivity contribution < 1.29 is 18.8 Å². The molecule has 0 heterocycles. The number of hydrogen-bond donors (Lipinski definition) is 3. The molecule has 1 aromatic carbocycles. The van der Waals surface area contributed by atoms with E-state index in [2.05, 4.69) is 16.0 Å². The molecule has 1 aromatic rings. The number of benzene rings is 1. The molecular weight excluding hydrogens is 325 g/mol. The van der Waals surface area contributed by atoms with Gasteiger partial charge in [-0.1, -0.05) is 13.8 Å². The van der Waals surface area contributed by atoms with E-state index in [1.54, 1.807) is 13.8 Å². The molecular formula is C18H26FN3O3. The lowest BCUT2D eigenvalue weighted by Crippen LogP contribution is -2.52. The van der Waals surface area contributed by atoms with E-state index in [0.29, 0.717) is 0 Å². The second-order valence-corrected chi connectivity index (χ2v) is 7.22. The number of hydrogen-bond acceptors (Lipinski definition) is 3. The monoisotopic (exact) mass is 351 g/mol.